The van der Waals surface area contributed by atoms with E-state index in [1.165, 1.54) is 4.31 Å². The molecule has 1 aliphatic heterocycles. The largest absolute Gasteiger partial charge is 0.466 e. The van der Waals surface area contributed by atoms with Gasteiger partial charge in [-0.3, -0.25) is 4.79 Å². The number of cyclic esters (lactones) is 1. The summed E-state index contributed by atoms with van der Waals surface area (Å²) in [6, 6.07) is 9.56. The molecule has 0 atom stereocenters. The molecule has 0 N–H and O–H groups in total. The Kier molecular flexibility index (Phi) is 6.68. The SMILES string of the molecule is Cc1ccc(S(=O)(=O)N2C#CCCCC(=O)OCCCCC2)cc1. The number of aryl methyl sites for hydroxylation is 1. The van der Waals surface area contributed by atoms with Crippen LogP contribution in [-0.2, 0) is 19.6 Å². The Bertz CT molecular complexity index is 714. The van der Waals surface area contributed by atoms with Gasteiger partial charge in [0.05, 0.1) is 11.5 Å². The number of nitrogens with zero attached hydrogens (tertiary/aromatic N) is 1. The van der Waals surface area contributed by atoms with E-state index in [-0.39, 0.29) is 10.9 Å². The topological polar surface area (TPSA) is 63.7 Å². The van der Waals surface area contributed by atoms with E-state index in [0.29, 0.717) is 38.8 Å². The second kappa shape index (κ2) is 8.74. The van der Waals surface area contributed by atoms with Crippen LogP contribution in [0.15, 0.2) is 29.2 Å². The van der Waals surface area contributed by atoms with Crippen LogP contribution >= 0.6 is 0 Å². The molecule has 6 heteroatoms. The van der Waals surface area contributed by atoms with Crippen molar-refractivity contribution < 1.29 is 17.9 Å². The van der Waals surface area contributed by atoms with Crippen LogP contribution in [0.25, 0.3) is 0 Å². The highest BCUT2D eigenvalue weighted by atomic mass is 32.2. The Morgan fingerprint density at radius 3 is 2.58 bits per heavy atom. The number of carbonyl (C=O) groups excluding carboxylic acids is 1. The molecule has 0 aliphatic carbocycles. The maximum atomic E-state index is 12.8. The Morgan fingerprint density at radius 1 is 1.08 bits per heavy atom. The highest BCUT2D eigenvalue weighted by Gasteiger charge is 2.21. The van der Waals surface area contributed by atoms with Crippen molar-refractivity contribution >= 4 is 16.0 Å². The lowest BCUT2D eigenvalue weighted by Gasteiger charge is -2.18. The summed E-state index contributed by atoms with van der Waals surface area (Å²) in [6.07, 6.45) is 3.56. The molecular formula is C18H23NO4S. The molecule has 0 saturated carbocycles. The van der Waals surface area contributed by atoms with Crippen LogP contribution in [-0.4, -0.2) is 31.8 Å². The molecule has 0 unspecified atom stereocenters. The molecule has 0 bridgehead atoms. The van der Waals surface area contributed by atoms with Crippen LogP contribution in [0.4, 0.5) is 0 Å². The molecule has 24 heavy (non-hydrogen) atoms. The average Bonchev–Trinajstić information content (AvgIpc) is 2.57. The molecule has 2 rings (SSSR count). The number of benzene rings is 1. The van der Waals surface area contributed by atoms with E-state index in [1.54, 1.807) is 24.3 Å². The summed E-state index contributed by atoms with van der Waals surface area (Å²) in [5, 5.41) is 0. The Labute approximate surface area is 144 Å². The van der Waals surface area contributed by atoms with Crippen molar-refractivity contribution in [2.75, 3.05) is 13.2 Å². The molecule has 0 radical (unpaired) electrons. The fraction of sp³-hybridized carbons (Fsp3) is 0.500. The zero-order chi connectivity index (χ0) is 17.4. The third kappa shape index (κ3) is 5.27. The van der Waals surface area contributed by atoms with Crippen LogP contribution in [0, 0.1) is 18.9 Å². The monoisotopic (exact) mass is 349 g/mol. The molecular weight excluding hydrogens is 326 g/mol. The standard InChI is InChI=1S/C18H23NO4S/c1-16-9-11-17(12-10-16)24(21,22)19-13-5-2-4-8-18(20)23-15-7-3-6-14-19/h9-12H,2-4,6-8,14-15H2,1H3. The molecule has 0 fully saturated rings. The summed E-state index contributed by atoms with van der Waals surface area (Å²) in [5.41, 5.74) is 1.01. The third-order valence-electron chi connectivity index (χ3n) is 3.76. The number of esters is 1. The van der Waals surface area contributed by atoms with Gasteiger partial charge in [-0.25, -0.2) is 12.7 Å². The molecule has 1 aromatic carbocycles. The molecule has 1 aromatic rings. The second-order valence-electron chi connectivity index (χ2n) is 5.81. The van der Waals surface area contributed by atoms with Crippen LogP contribution in [0.5, 0.6) is 0 Å². The molecule has 0 aromatic heterocycles. The van der Waals surface area contributed by atoms with E-state index in [2.05, 4.69) is 12.0 Å². The van der Waals surface area contributed by atoms with Crippen molar-refractivity contribution in [3.05, 3.63) is 29.8 Å². The summed E-state index contributed by atoms with van der Waals surface area (Å²) in [7, 11) is -3.63. The average molecular weight is 349 g/mol. The van der Waals surface area contributed by atoms with Crippen LogP contribution in [0.2, 0.25) is 0 Å². The molecule has 0 saturated heterocycles. The summed E-state index contributed by atoms with van der Waals surface area (Å²) in [5.74, 6) is 2.66. The zero-order valence-electron chi connectivity index (χ0n) is 14.0. The van der Waals surface area contributed by atoms with Gasteiger partial charge in [0, 0.05) is 25.4 Å². The maximum Gasteiger partial charge on any atom is 0.305 e. The number of hydrogen-bond acceptors (Lipinski definition) is 4. The maximum absolute atomic E-state index is 12.8. The smallest absolute Gasteiger partial charge is 0.305 e. The first-order valence-electron chi connectivity index (χ1n) is 8.24. The Morgan fingerprint density at radius 2 is 1.83 bits per heavy atom. The first kappa shape index (κ1) is 18.3. The lowest BCUT2D eigenvalue weighted by molar-refractivity contribution is -0.143. The van der Waals surface area contributed by atoms with Crippen molar-refractivity contribution in [2.24, 2.45) is 0 Å². The minimum atomic E-state index is -3.63. The normalized spacial score (nSPS) is 17.5. The van der Waals surface area contributed by atoms with E-state index in [4.69, 9.17) is 4.74 Å². The van der Waals surface area contributed by atoms with Crippen LogP contribution < -0.4 is 0 Å². The Balaban J connectivity index is 2.17. The lowest BCUT2D eigenvalue weighted by atomic mass is 10.2. The fourth-order valence-corrected chi connectivity index (χ4v) is 3.62. The summed E-state index contributed by atoms with van der Waals surface area (Å²) >= 11 is 0. The van der Waals surface area contributed by atoms with Gasteiger partial charge in [-0.2, -0.15) is 0 Å². The molecule has 5 nitrogen and oxygen atoms in total. The third-order valence-corrected chi connectivity index (χ3v) is 5.49. The van der Waals surface area contributed by atoms with Gasteiger partial charge >= 0.3 is 5.97 Å². The number of rotatable bonds is 2. The summed E-state index contributed by atoms with van der Waals surface area (Å²) < 4.78 is 31.9. The predicted molar refractivity (Wildman–Crippen MR) is 91.5 cm³/mol. The number of hydrogen-bond donors (Lipinski definition) is 0. The highest BCUT2D eigenvalue weighted by molar-refractivity contribution is 7.89. The van der Waals surface area contributed by atoms with Gasteiger partial charge in [-0.1, -0.05) is 23.6 Å². The van der Waals surface area contributed by atoms with Crippen molar-refractivity contribution in [3.8, 4) is 12.0 Å². The number of ether oxygens (including phenoxy) is 1. The van der Waals surface area contributed by atoms with Crippen molar-refractivity contribution in [2.45, 2.75) is 50.3 Å². The summed E-state index contributed by atoms with van der Waals surface area (Å²) in [4.78, 5) is 11.7. The van der Waals surface area contributed by atoms with Gasteiger partial charge in [-0.15, -0.1) is 0 Å². The van der Waals surface area contributed by atoms with E-state index in [1.807, 2.05) is 6.92 Å². The van der Waals surface area contributed by atoms with Crippen LogP contribution in [0.1, 0.15) is 44.1 Å². The molecule has 0 spiro atoms. The van der Waals surface area contributed by atoms with Gasteiger partial charge in [0.1, 0.15) is 0 Å². The molecule has 1 heterocycles. The van der Waals surface area contributed by atoms with Crippen LogP contribution in [0.3, 0.4) is 0 Å². The molecule has 1 aliphatic rings. The predicted octanol–water partition coefficient (Wildman–Crippen LogP) is 2.84. The highest BCUT2D eigenvalue weighted by Crippen LogP contribution is 2.17. The quantitative estimate of drug-likeness (QED) is 0.608. The zero-order valence-corrected chi connectivity index (χ0v) is 14.8. The first-order chi connectivity index (χ1) is 11.5. The first-order valence-corrected chi connectivity index (χ1v) is 9.68. The number of carbonyl (C=O) groups is 1. The van der Waals surface area contributed by atoms with Gasteiger partial charge < -0.3 is 4.74 Å². The fourth-order valence-electron chi connectivity index (χ4n) is 2.33. The molecule has 130 valence electrons. The van der Waals surface area contributed by atoms with E-state index >= 15 is 0 Å². The number of sulfonamides is 1. The van der Waals surface area contributed by atoms with E-state index in [9.17, 15) is 13.2 Å². The minimum absolute atomic E-state index is 0.208. The second-order valence-corrected chi connectivity index (χ2v) is 7.68. The van der Waals surface area contributed by atoms with Gasteiger partial charge in [0.25, 0.3) is 10.0 Å². The van der Waals surface area contributed by atoms with E-state index in [0.717, 1.165) is 18.4 Å². The van der Waals surface area contributed by atoms with Crippen molar-refractivity contribution in [1.29, 1.82) is 0 Å². The van der Waals surface area contributed by atoms with Gasteiger partial charge in [0.2, 0.25) is 0 Å². The molecule has 0 amide bonds. The lowest BCUT2D eigenvalue weighted by Crippen LogP contribution is -2.27. The van der Waals surface area contributed by atoms with Crippen molar-refractivity contribution in [1.82, 2.24) is 4.31 Å². The summed E-state index contributed by atoms with van der Waals surface area (Å²) in [6.45, 7) is 2.65. The van der Waals surface area contributed by atoms with E-state index < -0.39 is 10.0 Å². The van der Waals surface area contributed by atoms with Gasteiger partial charge in [-0.05, 0) is 44.7 Å². The Hall–Kier alpha value is -2.00. The van der Waals surface area contributed by atoms with Gasteiger partial charge in [0.15, 0.2) is 0 Å². The van der Waals surface area contributed by atoms with Crippen molar-refractivity contribution in [3.63, 3.8) is 0 Å². The minimum Gasteiger partial charge on any atom is -0.466 e.